The molecule has 0 fully saturated rings. The second-order valence-electron chi connectivity index (χ2n) is 3.23. The molecule has 0 aliphatic rings. The highest BCUT2D eigenvalue weighted by atomic mass is 16.5. The average molecular weight is 194 g/mol. The van der Waals surface area contributed by atoms with Crippen molar-refractivity contribution < 1.29 is 4.74 Å². The first kappa shape index (κ1) is 11.1. The van der Waals surface area contributed by atoms with Crippen LogP contribution in [-0.4, -0.2) is 11.6 Å². The van der Waals surface area contributed by atoms with Crippen LogP contribution < -0.4 is 5.73 Å². The number of rotatable bonds is 6. The van der Waals surface area contributed by atoms with Gasteiger partial charge in [0.25, 0.3) is 0 Å². The largest absolute Gasteiger partial charge is 0.375 e. The van der Waals surface area contributed by atoms with E-state index in [-0.39, 0.29) is 0 Å². The summed E-state index contributed by atoms with van der Waals surface area (Å²) < 4.78 is 5.46. The van der Waals surface area contributed by atoms with Gasteiger partial charge >= 0.3 is 0 Å². The minimum atomic E-state index is 0.489. The molecule has 0 aromatic carbocycles. The number of nitrogens with two attached hydrogens (primary N) is 1. The Bertz CT molecular complexity index is 263. The number of ether oxygens (including phenoxy) is 1. The number of nitrogens with zero attached hydrogens (tertiary/aromatic N) is 1. The summed E-state index contributed by atoms with van der Waals surface area (Å²) in [5, 5.41) is 0. The lowest BCUT2D eigenvalue weighted by molar-refractivity contribution is 0.115. The lowest BCUT2D eigenvalue weighted by Gasteiger charge is -2.04. The van der Waals surface area contributed by atoms with Gasteiger partial charge in [0.15, 0.2) is 0 Å². The third-order valence-corrected chi connectivity index (χ3v) is 1.97. The molecule has 3 heteroatoms. The Morgan fingerprint density at radius 1 is 1.36 bits per heavy atom. The lowest BCUT2D eigenvalue weighted by atomic mass is 10.3. The van der Waals surface area contributed by atoms with Gasteiger partial charge in [-0.05, 0) is 18.6 Å². The molecular weight excluding hydrogens is 176 g/mol. The van der Waals surface area contributed by atoms with E-state index in [9.17, 15) is 0 Å². The maximum Gasteiger partial charge on any atom is 0.0887 e. The van der Waals surface area contributed by atoms with Gasteiger partial charge in [-0.1, -0.05) is 19.4 Å². The minimum Gasteiger partial charge on any atom is -0.375 e. The third kappa shape index (κ3) is 3.85. The van der Waals surface area contributed by atoms with E-state index < -0.39 is 0 Å². The summed E-state index contributed by atoms with van der Waals surface area (Å²) in [6, 6.07) is 5.86. The molecule has 0 saturated carbocycles. The molecule has 1 heterocycles. The Kier molecular flexibility index (Phi) is 5.19. The fraction of sp³-hybridized carbons (Fsp3) is 0.545. The molecule has 0 unspecified atom stereocenters. The van der Waals surface area contributed by atoms with Crippen molar-refractivity contribution >= 4 is 0 Å². The molecule has 14 heavy (non-hydrogen) atoms. The Labute approximate surface area is 85.3 Å². The van der Waals surface area contributed by atoms with Crippen molar-refractivity contribution in [3.8, 4) is 0 Å². The number of aromatic nitrogens is 1. The number of hydrogen-bond donors (Lipinski definition) is 1. The predicted octanol–water partition coefficient (Wildman–Crippen LogP) is 1.86. The van der Waals surface area contributed by atoms with Crippen LogP contribution in [0.2, 0.25) is 0 Å². The van der Waals surface area contributed by atoms with Gasteiger partial charge in [-0.3, -0.25) is 4.98 Å². The molecule has 1 rings (SSSR count). The van der Waals surface area contributed by atoms with Gasteiger partial charge in [-0.15, -0.1) is 0 Å². The monoisotopic (exact) mass is 194 g/mol. The van der Waals surface area contributed by atoms with E-state index in [0.29, 0.717) is 13.2 Å². The van der Waals surface area contributed by atoms with Crippen LogP contribution in [0.15, 0.2) is 18.2 Å². The second-order valence-corrected chi connectivity index (χ2v) is 3.23. The fourth-order valence-electron chi connectivity index (χ4n) is 1.15. The topological polar surface area (TPSA) is 48.1 Å². The zero-order chi connectivity index (χ0) is 10.2. The first-order valence-electron chi connectivity index (χ1n) is 5.09. The Balaban J connectivity index is 2.34. The van der Waals surface area contributed by atoms with Crippen LogP contribution in [-0.2, 0) is 17.9 Å². The van der Waals surface area contributed by atoms with Gasteiger partial charge < -0.3 is 10.5 Å². The van der Waals surface area contributed by atoms with Crippen molar-refractivity contribution in [2.24, 2.45) is 5.73 Å². The normalized spacial score (nSPS) is 10.4. The fourth-order valence-corrected chi connectivity index (χ4v) is 1.15. The van der Waals surface area contributed by atoms with E-state index in [4.69, 9.17) is 10.5 Å². The van der Waals surface area contributed by atoms with E-state index in [2.05, 4.69) is 11.9 Å². The molecule has 2 N–H and O–H groups in total. The zero-order valence-electron chi connectivity index (χ0n) is 8.70. The summed E-state index contributed by atoms with van der Waals surface area (Å²) in [5.41, 5.74) is 7.37. The van der Waals surface area contributed by atoms with E-state index in [1.54, 1.807) is 0 Å². The smallest absolute Gasteiger partial charge is 0.0887 e. The molecule has 0 atom stereocenters. The number of unbranched alkanes of at least 4 members (excludes halogenated alkanes) is 1. The highest BCUT2D eigenvalue weighted by Crippen LogP contribution is 2.01. The molecule has 3 nitrogen and oxygen atoms in total. The summed E-state index contributed by atoms with van der Waals surface area (Å²) in [6.07, 6.45) is 2.27. The van der Waals surface area contributed by atoms with E-state index in [1.165, 1.54) is 0 Å². The molecule has 0 bridgehead atoms. The third-order valence-electron chi connectivity index (χ3n) is 1.97. The molecular formula is C11H18N2O. The molecule has 0 spiro atoms. The van der Waals surface area contributed by atoms with Crippen LogP contribution in [0.25, 0.3) is 0 Å². The SMILES string of the molecule is CCCCOCc1cccc(CN)n1. The quantitative estimate of drug-likeness (QED) is 0.703. The molecule has 0 saturated heterocycles. The van der Waals surface area contributed by atoms with Crippen molar-refractivity contribution in [3.63, 3.8) is 0 Å². The molecule has 0 amide bonds. The summed E-state index contributed by atoms with van der Waals surface area (Å²) in [7, 11) is 0. The van der Waals surface area contributed by atoms with Crippen molar-refractivity contribution in [1.82, 2.24) is 4.98 Å². The van der Waals surface area contributed by atoms with Gasteiger partial charge in [0, 0.05) is 13.2 Å². The average Bonchev–Trinajstić information content (AvgIpc) is 2.25. The summed E-state index contributed by atoms with van der Waals surface area (Å²) >= 11 is 0. The molecule has 0 aliphatic heterocycles. The Morgan fingerprint density at radius 2 is 2.14 bits per heavy atom. The second kappa shape index (κ2) is 6.51. The van der Waals surface area contributed by atoms with Crippen LogP contribution >= 0.6 is 0 Å². The summed E-state index contributed by atoms with van der Waals surface area (Å²) in [5.74, 6) is 0. The lowest BCUT2D eigenvalue weighted by Crippen LogP contribution is -2.03. The van der Waals surface area contributed by atoms with Crippen LogP contribution in [0.1, 0.15) is 31.2 Å². The van der Waals surface area contributed by atoms with Gasteiger partial charge in [0.05, 0.1) is 18.0 Å². The van der Waals surface area contributed by atoms with Crippen LogP contribution in [0.5, 0.6) is 0 Å². The van der Waals surface area contributed by atoms with Gasteiger partial charge in [0.1, 0.15) is 0 Å². The zero-order valence-corrected chi connectivity index (χ0v) is 8.70. The molecule has 0 aliphatic carbocycles. The van der Waals surface area contributed by atoms with E-state index >= 15 is 0 Å². The Hall–Kier alpha value is -0.930. The summed E-state index contributed by atoms with van der Waals surface area (Å²) in [4.78, 5) is 4.34. The van der Waals surface area contributed by atoms with Crippen molar-refractivity contribution in [2.75, 3.05) is 6.61 Å². The molecule has 0 radical (unpaired) electrons. The number of pyridine rings is 1. The van der Waals surface area contributed by atoms with Crippen molar-refractivity contribution in [1.29, 1.82) is 0 Å². The molecule has 78 valence electrons. The molecule has 1 aromatic heterocycles. The molecule has 1 aromatic rings. The standard InChI is InChI=1S/C11H18N2O/c1-2-3-7-14-9-11-6-4-5-10(8-12)13-11/h4-6H,2-3,7-9,12H2,1H3. The van der Waals surface area contributed by atoms with Crippen LogP contribution in [0, 0.1) is 0 Å². The highest BCUT2D eigenvalue weighted by molar-refractivity contribution is 5.10. The minimum absolute atomic E-state index is 0.489. The highest BCUT2D eigenvalue weighted by Gasteiger charge is 1.96. The maximum atomic E-state index is 5.49. The van der Waals surface area contributed by atoms with Crippen LogP contribution in [0.4, 0.5) is 0 Å². The maximum absolute atomic E-state index is 5.49. The predicted molar refractivity (Wildman–Crippen MR) is 56.7 cm³/mol. The number of hydrogen-bond acceptors (Lipinski definition) is 3. The first-order valence-corrected chi connectivity index (χ1v) is 5.09. The van der Waals surface area contributed by atoms with Crippen LogP contribution in [0.3, 0.4) is 0 Å². The van der Waals surface area contributed by atoms with Crippen molar-refractivity contribution in [3.05, 3.63) is 29.6 Å². The van der Waals surface area contributed by atoms with Crippen molar-refractivity contribution in [2.45, 2.75) is 32.9 Å². The Morgan fingerprint density at radius 3 is 2.86 bits per heavy atom. The first-order chi connectivity index (χ1) is 6.86. The summed E-state index contributed by atoms with van der Waals surface area (Å²) in [6.45, 7) is 4.04. The van der Waals surface area contributed by atoms with Gasteiger partial charge in [-0.2, -0.15) is 0 Å². The van der Waals surface area contributed by atoms with E-state index in [0.717, 1.165) is 30.8 Å². The van der Waals surface area contributed by atoms with E-state index in [1.807, 2.05) is 18.2 Å². The van der Waals surface area contributed by atoms with Gasteiger partial charge in [-0.25, -0.2) is 0 Å². The van der Waals surface area contributed by atoms with Gasteiger partial charge in [0.2, 0.25) is 0 Å².